The smallest absolute Gasteiger partial charge is 0.410 e. The highest BCUT2D eigenvalue weighted by Gasteiger charge is 2.57. The van der Waals surface area contributed by atoms with Gasteiger partial charge in [-0.2, -0.15) is 0 Å². The van der Waals surface area contributed by atoms with Crippen LogP contribution in [0, 0.1) is 11.6 Å². The van der Waals surface area contributed by atoms with Gasteiger partial charge in [0.15, 0.2) is 28.5 Å². The minimum absolute atomic E-state index is 0.00103. The summed E-state index contributed by atoms with van der Waals surface area (Å²) in [5.74, 6) is -3.18. The van der Waals surface area contributed by atoms with Crippen molar-refractivity contribution in [3.05, 3.63) is 64.6 Å². The lowest BCUT2D eigenvalue weighted by molar-refractivity contribution is -0.136. The van der Waals surface area contributed by atoms with Crippen molar-refractivity contribution in [1.29, 1.82) is 0 Å². The third kappa shape index (κ3) is 7.13. The van der Waals surface area contributed by atoms with Crippen molar-refractivity contribution in [3.63, 3.8) is 0 Å². The molecule has 13 nitrogen and oxygen atoms in total. The summed E-state index contributed by atoms with van der Waals surface area (Å²) in [6.45, 7) is 11.8. The third-order valence-electron chi connectivity index (χ3n) is 9.14. The van der Waals surface area contributed by atoms with Crippen LogP contribution in [-0.2, 0) is 26.4 Å². The molecular formula is C36H43F2N5O8Si. The molecular weight excluding hydrogens is 697 g/mol. The SMILES string of the molecule is COc1ccc2c(c1F)C(=O)N(CC1(c3cc4nc(C5=CCN(C(=O)OC(C)(C)C)CC5)c(F)cc4o3)NC(=O)N(COCC[Si](C)(C)C)C1=O)C2. The van der Waals surface area contributed by atoms with Crippen LogP contribution in [0.4, 0.5) is 18.4 Å². The number of aromatic nitrogens is 1. The van der Waals surface area contributed by atoms with Gasteiger partial charge in [0.05, 0.1) is 19.2 Å². The maximum absolute atomic E-state index is 15.6. The van der Waals surface area contributed by atoms with Gasteiger partial charge in [-0.1, -0.05) is 31.8 Å². The lowest BCUT2D eigenvalue weighted by atomic mass is 9.95. The average Bonchev–Trinajstić information content (AvgIpc) is 3.69. The molecule has 1 fully saturated rings. The molecule has 2 aromatic heterocycles. The van der Waals surface area contributed by atoms with Gasteiger partial charge in [0, 0.05) is 46.4 Å². The van der Waals surface area contributed by atoms with E-state index in [2.05, 4.69) is 29.9 Å². The number of furan rings is 1. The zero-order chi connectivity index (χ0) is 37.7. The molecule has 3 aliphatic rings. The number of fused-ring (bicyclic) bond motifs is 2. The largest absolute Gasteiger partial charge is 0.494 e. The Morgan fingerprint density at radius 1 is 1.13 bits per heavy atom. The summed E-state index contributed by atoms with van der Waals surface area (Å²) in [7, 11) is -0.186. The van der Waals surface area contributed by atoms with Crippen LogP contribution in [0.3, 0.4) is 0 Å². The number of imide groups is 1. The summed E-state index contributed by atoms with van der Waals surface area (Å²) in [5.41, 5.74) is -1.64. The molecule has 1 unspecified atom stereocenters. The molecule has 3 aromatic rings. The monoisotopic (exact) mass is 739 g/mol. The minimum Gasteiger partial charge on any atom is -0.494 e. The average molecular weight is 740 g/mol. The number of ether oxygens (including phenoxy) is 3. The topological polar surface area (TPSA) is 144 Å². The van der Waals surface area contributed by atoms with E-state index in [0.29, 0.717) is 24.2 Å². The maximum atomic E-state index is 15.6. The number of nitrogens with one attached hydrogen (secondary N) is 1. The summed E-state index contributed by atoms with van der Waals surface area (Å²) in [4.78, 5) is 62.1. The van der Waals surface area contributed by atoms with Crippen molar-refractivity contribution in [2.75, 3.05) is 40.1 Å². The highest BCUT2D eigenvalue weighted by Crippen LogP contribution is 2.38. The molecule has 1 aromatic carbocycles. The predicted octanol–water partition coefficient (Wildman–Crippen LogP) is 5.85. The molecule has 1 saturated heterocycles. The fraction of sp³-hybridized carbons (Fsp3) is 0.472. The molecule has 0 saturated carbocycles. The predicted molar refractivity (Wildman–Crippen MR) is 188 cm³/mol. The normalized spacial score (nSPS) is 19.4. The van der Waals surface area contributed by atoms with Gasteiger partial charge >= 0.3 is 12.1 Å². The number of urea groups is 1. The van der Waals surface area contributed by atoms with Gasteiger partial charge in [0.1, 0.15) is 29.3 Å². The quantitative estimate of drug-likeness (QED) is 0.154. The minimum atomic E-state index is -1.98. The van der Waals surface area contributed by atoms with E-state index in [1.54, 1.807) is 32.9 Å². The molecule has 5 heterocycles. The number of rotatable bonds is 10. The number of nitrogens with zero attached hydrogens (tertiary/aromatic N) is 4. The number of methoxy groups -OCH3 is 1. The van der Waals surface area contributed by atoms with Gasteiger partial charge in [-0.05, 0) is 50.4 Å². The molecule has 52 heavy (non-hydrogen) atoms. The van der Waals surface area contributed by atoms with E-state index in [1.807, 2.05) is 0 Å². The van der Waals surface area contributed by atoms with Crippen LogP contribution >= 0.6 is 0 Å². The molecule has 5 amide bonds. The Bertz CT molecular complexity index is 1990. The van der Waals surface area contributed by atoms with E-state index < -0.39 is 61.3 Å². The lowest BCUT2D eigenvalue weighted by Gasteiger charge is -2.29. The van der Waals surface area contributed by atoms with Crippen molar-refractivity contribution >= 4 is 48.7 Å². The molecule has 0 aliphatic carbocycles. The van der Waals surface area contributed by atoms with Crippen LogP contribution in [0.5, 0.6) is 5.75 Å². The Kier molecular flexibility index (Phi) is 9.67. The highest BCUT2D eigenvalue weighted by molar-refractivity contribution is 6.76. The molecule has 278 valence electrons. The molecule has 0 bridgehead atoms. The highest BCUT2D eigenvalue weighted by atomic mass is 28.3. The first-order valence-corrected chi connectivity index (χ1v) is 20.8. The summed E-state index contributed by atoms with van der Waals surface area (Å²) in [6.07, 6.45) is 1.54. The van der Waals surface area contributed by atoms with Crippen LogP contribution in [0.2, 0.25) is 25.7 Å². The van der Waals surface area contributed by atoms with Crippen LogP contribution in [0.1, 0.15) is 54.6 Å². The second-order valence-electron chi connectivity index (χ2n) is 15.4. The van der Waals surface area contributed by atoms with Gasteiger partial charge in [0.25, 0.3) is 11.8 Å². The fourth-order valence-corrected chi connectivity index (χ4v) is 7.11. The van der Waals surface area contributed by atoms with Crippen LogP contribution in [0.15, 0.2) is 34.8 Å². The standard InChI is InChI=1S/C36H43F2N5O8Si/c1-35(2,3)51-34(47)41-12-10-21(11-13-41)30-23(37)16-26-24(39-30)17-27(50-26)36(32(45)43(33(46)40-36)20-49-14-15-52(5,6)7)19-42-18-22-8-9-25(48-4)29(38)28(22)31(42)44/h8-10,16-17H,11-15,18-20H2,1-7H3,(H,40,46). The van der Waals surface area contributed by atoms with E-state index >= 15 is 8.78 Å². The maximum Gasteiger partial charge on any atom is 0.410 e. The Balaban J connectivity index is 1.33. The molecule has 0 spiro atoms. The third-order valence-corrected chi connectivity index (χ3v) is 10.8. The molecule has 3 aliphatic heterocycles. The zero-order valence-corrected chi connectivity index (χ0v) is 31.4. The Labute approximate surface area is 300 Å². The Hall–Kier alpha value is -4.83. The number of amides is 5. The van der Waals surface area contributed by atoms with Gasteiger partial charge in [-0.3, -0.25) is 9.59 Å². The first-order valence-electron chi connectivity index (χ1n) is 17.0. The lowest BCUT2D eigenvalue weighted by Crippen LogP contribution is -2.52. The Morgan fingerprint density at radius 3 is 2.54 bits per heavy atom. The second-order valence-corrected chi connectivity index (χ2v) is 21.0. The first kappa shape index (κ1) is 36.9. The zero-order valence-electron chi connectivity index (χ0n) is 30.4. The molecule has 0 radical (unpaired) electrons. The number of pyridine rings is 1. The van der Waals surface area contributed by atoms with Crippen molar-refractivity contribution in [2.24, 2.45) is 0 Å². The van der Waals surface area contributed by atoms with Crippen LogP contribution < -0.4 is 10.1 Å². The number of carbonyl (C=O) groups excluding carboxylic acids is 4. The van der Waals surface area contributed by atoms with E-state index in [4.69, 9.17) is 18.6 Å². The van der Waals surface area contributed by atoms with E-state index in [9.17, 15) is 19.2 Å². The fourth-order valence-electron chi connectivity index (χ4n) is 6.35. The van der Waals surface area contributed by atoms with Crippen molar-refractivity contribution in [1.82, 2.24) is 25.0 Å². The van der Waals surface area contributed by atoms with Crippen molar-refractivity contribution < 1.29 is 46.6 Å². The first-order chi connectivity index (χ1) is 24.4. The number of halogens is 2. The van der Waals surface area contributed by atoms with Crippen LogP contribution in [-0.4, -0.2) is 97.4 Å². The van der Waals surface area contributed by atoms with Crippen molar-refractivity contribution in [3.8, 4) is 5.75 Å². The van der Waals surface area contributed by atoms with Gasteiger partial charge in [0.2, 0.25) is 0 Å². The number of benzene rings is 1. The number of carbonyl (C=O) groups is 4. The Morgan fingerprint density at radius 2 is 1.88 bits per heavy atom. The van der Waals surface area contributed by atoms with Gasteiger partial charge < -0.3 is 33.7 Å². The summed E-state index contributed by atoms with van der Waals surface area (Å²) in [6, 6.07) is 5.58. The summed E-state index contributed by atoms with van der Waals surface area (Å²) >= 11 is 0. The number of hydrogen-bond donors (Lipinski definition) is 1. The van der Waals surface area contributed by atoms with Gasteiger partial charge in [-0.15, -0.1) is 0 Å². The van der Waals surface area contributed by atoms with E-state index in [1.165, 1.54) is 29.0 Å². The summed E-state index contributed by atoms with van der Waals surface area (Å²) < 4.78 is 53.2. The molecule has 1 atom stereocenters. The molecule has 6 rings (SSSR count). The van der Waals surface area contributed by atoms with E-state index in [-0.39, 0.29) is 60.2 Å². The molecule has 16 heteroatoms. The summed E-state index contributed by atoms with van der Waals surface area (Å²) in [5, 5.41) is 2.71. The number of hydrogen-bond acceptors (Lipinski definition) is 9. The van der Waals surface area contributed by atoms with Crippen LogP contribution in [0.25, 0.3) is 16.7 Å². The second kappa shape index (κ2) is 13.6. The van der Waals surface area contributed by atoms with Gasteiger partial charge in [-0.25, -0.2) is 28.3 Å². The van der Waals surface area contributed by atoms with E-state index in [0.717, 1.165) is 17.0 Å². The van der Waals surface area contributed by atoms with Crippen molar-refractivity contribution in [2.45, 2.75) is 70.6 Å². The molecule has 1 N–H and O–H groups in total.